The van der Waals surface area contributed by atoms with Gasteiger partial charge in [-0.15, -0.1) is 36.2 Å². The zero-order valence-electron chi connectivity index (χ0n) is 13.9. The van der Waals surface area contributed by atoms with Crippen LogP contribution in [0.2, 0.25) is 0 Å². The van der Waals surface area contributed by atoms with Crippen LogP contribution in [0.15, 0.2) is 0 Å². The number of hydrogen-bond acceptors (Lipinski definition) is 6. The molecule has 9 heteroatoms. The number of anilines is 1. The summed E-state index contributed by atoms with van der Waals surface area (Å²) in [6, 6.07) is 0. The number of nitrogens with zero attached hydrogens (tertiary/aromatic N) is 2. The largest absolute Gasteiger partial charge is 0.381 e. The molecule has 6 nitrogen and oxygen atoms in total. The highest BCUT2D eigenvalue weighted by Gasteiger charge is 2.39. The van der Waals surface area contributed by atoms with Crippen molar-refractivity contribution in [1.29, 1.82) is 0 Å². The van der Waals surface area contributed by atoms with Crippen molar-refractivity contribution in [2.45, 2.75) is 32.7 Å². The van der Waals surface area contributed by atoms with Gasteiger partial charge in [-0.2, -0.15) is 0 Å². The molecular formula is C15H26Cl2N4O2S. The Bertz CT molecular complexity index is 550. The maximum atomic E-state index is 12.7. The summed E-state index contributed by atoms with van der Waals surface area (Å²) in [6.45, 7) is 6.77. The second-order valence-electron chi connectivity index (χ2n) is 6.06. The highest BCUT2D eigenvalue weighted by Crippen LogP contribution is 2.33. The molecule has 0 radical (unpaired) electrons. The highest BCUT2D eigenvalue weighted by molar-refractivity contribution is 7.15. The van der Waals surface area contributed by atoms with Crippen LogP contribution in [0.5, 0.6) is 0 Å². The molecular weight excluding hydrogens is 371 g/mol. The number of ether oxygens (including phenoxy) is 1. The Morgan fingerprint density at radius 3 is 2.75 bits per heavy atom. The lowest BCUT2D eigenvalue weighted by atomic mass is 9.79. The third-order valence-electron chi connectivity index (χ3n) is 4.80. The normalized spacial score (nSPS) is 19.6. The summed E-state index contributed by atoms with van der Waals surface area (Å²) in [5.41, 5.74) is 6.52. The first kappa shape index (κ1) is 21.6. The van der Waals surface area contributed by atoms with Gasteiger partial charge in [0, 0.05) is 44.1 Å². The number of aromatic nitrogens is 1. The van der Waals surface area contributed by atoms with Gasteiger partial charge < -0.3 is 15.8 Å². The number of nitrogens with two attached hydrogens (primary N) is 1. The number of hydrogen-bond donors (Lipinski definition) is 2. The van der Waals surface area contributed by atoms with Crippen molar-refractivity contribution < 1.29 is 9.53 Å². The van der Waals surface area contributed by atoms with Gasteiger partial charge in [-0.25, -0.2) is 4.98 Å². The van der Waals surface area contributed by atoms with E-state index in [9.17, 15) is 4.79 Å². The minimum Gasteiger partial charge on any atom is -0.381 e. The predicted molar refractivity (Wildman–Crippen MR) is 101 cm³/mol. The van der Waals surface area contributed by atoms with E-state index in [0.717, 1.165) is 31.7 Å². The van der Waals surface area contributed by atoms with Gasteiger partial charge in [0.2, 0.25) is 5.91 Å². The van der Waals surface area contributed by atoms with Crippen molar-refractivity contribution in [3.05, 3.63) is 10.6 Å². The van der Waals surface area contributed by atoms with Crippen molar-refractivity contribution in [3.8, 4) is 0 Å². The van der Waals surface area contributed by atoms with Gasteiger partial charge >= 0.3 is 0 Å². The molecule has 2 aliphatic rings. The van der Waals surface area contributed by atoms with Crippen LogP contribution in [-0.4, -0.2) is 48.6 Å². The number of rotatable bonds is 4. The van der Waals surface area contributed by atoms with Gasteiger partial charge in [-0.1, -0.05) is 6.92 Å². The van der Waals surface area contributed by atoms with Gasteiger partial charge in [0.15, 0.2) is 5.13 Å². The van der Waals surface area contributed by atoms with Gasteiger partial charge in [0.25, 0.3) is 0 Å². The fourth-order valence-electron chi connectivity index (χ4n) is 3.09. The van der Waals surface area contributed by atoms with Crippen LogP contribution in [0.25, 0.3) is 0 Å². The predicted octanol–water partition coefficient (Wildman–Crippen LogP) is 2.06. The van der Waals surface area contributed by atoms with Gasteiger partial charge in [0.05, 0.1) is 11.1 Å². The van der Waals surface area contributed by atoms with E-state index in [2.05, 4.69) is 22.1 Å². The zero-order valence-corrected chi connectivity index (χ0v) is 16.3. The first-order valence-corrected chi connectivity index (χ1v) is 8.79. The third-order valence-corrected chi connectivity index (χ3v) is 5.80. The molecule has 1 aromatic heterocycles. The van der Waals surface area contributed by atoms with E-state index in [4.69, 9.17) is 10.5 Å². The van der Waals surface area contributed by atoms with E-state index in [-0.39, 0.29) is 30.7 Å². The summed E-state index contributed by atoms with van der Waals surface area (Å²) in [4.78, 5) is 20.9. The molecule has 0 aliphatic carbocycles. The molecule has 0 bridgehead atoms. The third kappa shape index (κ3) is 4.39. The number of likely N-dealkylation sites (N-methyl/N-ethyl adjacent to an activating group) is 1. The van der Waals surface area contributed by atoms with Crippen LogP contribution >= 0.6 is 36.2 Å². The lowest BCUT2D eigenvalue weighted by molar-refractivity contribution is -0.130. The van der Waals surface area contributed by atoms with Crippen LogP contribution in [-0.2, 0) is 22.5 Å². The van der Waals surface area contributed by atoms with Crippen molar-refractivity contribution in [3.63, 3.8) is 0 Å². The fraction of sp³-hybridized carbons (Fsp3) is 0.733. The summed E-state index contributed by atoms with van der Waals surface area (Å²) in [5.74, 6) is -0.00301. The average molecular weight is 397 g/mol. The molecule has 138 valence electrons. The number of amides is 1. The van der Waals surface area contributed by atoms with E-state index in [1.54, 1.807) is 11.3 Å². The van der Waals surface area contributed by atoms with Crippen molar-refractivity contribution >= 4 is 47.2 Å². The molecule has 3 N–H and O–H groups in total. The summed E-state index contributed by atoms with van der Waals surface area (Å²) in [5, 5.41) is 3.72. The van der Waals surface area contributed by atoms with E-state index in [1.807, 2.05) is 0 Å². The first-order valence-electron chi connectivity index (χ1n) is 7.97. The molecule has 1 saturated heterocycles. The molecule has 0 spiro atoms. The summed E-state index contributed by atoms with van der Waals surface area (Å²) in [7, 11) is 0. The van der Waals surface area contributed by atoms with Crippen molar-refractivity contribution in [2.24, 2.45) is 11.1 Å². The van der Waals surface area contributed by atoms with Crippen LogP contribution in [0.4, 0.5) is 5.13 Å². The number of carbonyl (C=O) groups is 1. The Hall–Kier alpha value is -0.440. The summed E-state index contributed by atoms with van der Waals surface area (Å²) < 4.78 is 5.36. The topological polar surface area (TPSA) is 80.5 Å². The SMILES string of the molecule is CCN1CCc2nc(NC(=O)C3(CN)CCOCC3)sc2C1.Cl.Cl. The molecule has 0 saturated carbocycles. The first-order chi connectivity index (χ1) is 10.7. The smallest absolute Gasteiger partial charge is 0.233 e. The maximum absolute atomic E-state index is 12.7. The molecule has 24 heavy (non-hydrogen) atoms. The Morgan fingerprint density at radius 1 is 1.42 bits per heavy atom. The lowest BCUT2D eigenvalue weighted by Crippen LogP contribution is -2.46. The molecule has 3 heterocycles. The van der Waals surface area contributed by atoms with Gasteiger partial charge in [-0.05, 0) is 19.4 Å². The lowest BCUT2D eigenvalue weighted by Gasteiger charge is -2.34. The number of fused-ring (bicyclic) bond motifs is 1. The summed E-state index contributed by atoms with van der Waals surface area (Å²) >= 11 is 1.60. The van der Waals surface area contributed by atoms with Crippen LogP contribution in [0, 0.1) is 5.41 Å². The number of carbonyl (C=O) groups excluding carboxylic acids is 1. The Morgan fingerprint density at radius 2 is 2.12 bits per heavy atom. The number of thiazole rings is 1. The fourth-order valence-corrected chi connectivity index (χ4v) is 4.13. The molecule has 0 unspecified atom stereocenters. The zero-order chi connectivity index (χ0) is 15.6. The van der Waals surface area contributed by atoms with E-state index >= 15 is 0 Å². The summed E-state index contributed by atoms with van der Waals surface area (Å²) in [6.07, 6.45) is 2.33. The number of nitrogens with one attached hydrogen (secondary N) is 1. The molecule has 1 amide bonds. The molecule has 3 rings (SSSR count). The van der Waals surface area contributed by atoms with Gasteiger partial charge in [-0.3, -0.25) is 9.69 Å². The monoisotopic (exact) mass is 396 g/mol. The van der Waals surface area contributed by atoms with E-state index < -0.39 is 5.41 Å². The molecule has 0 atom stereocenters. The maximum Gasteiger partial charge on any atom is 0.233 e. The van der Waals surface area contributed by atoms with E-state index in [0.29, 0.717) is 37.7 Å². The van der Waals surface area contributed by atoms with Crippen LogP contribution in [0.3, 0.4) is 0 Å². The van der Waals surface area contributed by atoms with Gasteiger partial charge in [0.1, 0.15) is 0 Å². The molecule has 1 fully saturated rings. The second-order valence-corrected chi connectivity index (χ2v) is 7.14. The minimum atomic E-state index is -0.500. The molecule has 2 aliphatic heterocycles. The van der Waals surface area contributed by atoms with Crippen LogP contribution in [0.1, 0.15) is 30.3 Å². The minimum absolute atomic E-state index is 0. The van der Waals surface area contributed by atoms with Crippen molar-refractivity contribution in [2.75, 3.05) is 38.2 Å². The Kier molecular flexibility index (Phi) is 8.38. The molecule has 1 aromatic rings. The standard InChI is InChI=1S/C15H24N4O2S.2ClH/c1-2-19-6-3-11-12(9-19)22-14(17-11)18-13(20)15(10-16)4-7-21-8-5-15;;/h2-10,16H2,1H3,(H,17,18,20);2*1H. The Labute approximate surface area is 159 Å². The van der Waals surface area contributed by atoms with E-state index in [1.165, 1.54) is 4.88 Å². The molecule has 0 aromatic carbocycles. The average Bonchev–Trinajstić information content (AvgIpc) is 2.96. The Balaban J connectivity index is 0.00000144. The highest BCUT2D eigenvalue weighted by atomic mass is 35.5. The quantitative estimate of drug-likeness (QED) is 0.813. The van der Waals surface area contributed by atoms with Crippen LogP contribution < -0.4 is 11.1 Å². The second kappa shape index (κ2) is 9.31. The number of halogens is 2. The van der Waals surface area contributed by atoms with Crippen molar-refractivity contribution in [1.82, 2.24) is 9.88 Å².